The molecule has 1 atom stereocenters. The number of carbonyl (C=O) groups is 1. The second kappa shape index (κ2) is 12.2. The molecule has 0 rings (SSSR count). The van der Waals surface area contributed by atoms with E-state index in [0.717, 1.165) is 37.5 Å². The second-order valence-electron chi connectivity index (χ2n) is 3.61. The Hall–Kier alpha value is -0.260. The van der Waals surface area contributed by atoms with Crippen LogP contribution in [0.4, 0.5) is 0 Å². The van der Waals surface area contributed by atoms with Crippen LogP contribution in [0.5, 0.6) is 0 Å². The number of thioether (sulfide) groups is 1. The van der Waals surface area contributed by atoms with Gasteiger partial charge in [0.05, 0.1) is 6.61 Å². The van der Waals surface area contributed by atoms with Gasteiger partial charge in [-0.3, -0.25) is 4.79 Å². The van der Waals surface area contributed by atoms with Crippen molar-refractivity contribution in [2.75, 3.05) is 38.4 Å². The van der Waals surface area contributed by atoms with Gasteiger partial charge in [-0.25, -0.2) is 0 Å². The molecule has 0 spiro atoms. The first-order valence-corrected chi connectivity index (χ1v) is 7.38. The quantitative estimate of drug-likeness (QED) is 0.454. The van der Waals surface area contributed by atoms with Crippen LogP contribution in [0.1, 0.15) is 26.7 Å². The van der Waals surface area contributed by atoms with Gasteiger partial charge in [0.15, 0.2) is 0 Å². The maximum Gasteiger partial charge on any atom is 0.323 e. The summed E-state index contributed by atoms with van der Waals surface area (Å²) in [6.45, 7) is 5.87. The van der Waals surface area contributed by atoms with E-state index >= 15 is 0 Å². The minimum absolute atomic E-state index is 0.133. The Morgan fingerprint density at radius 2 is 2.12 bits per heavy atom. The SMILES string of the molecule is CCNC(CCSCCCOC)C(=O)OCC. The Labute approximate surface area is 109 Å². The average Bonchev–Trinajstić information content (AvgIpc) is 2.32. The minimum Gasteiger partial charge on any atom is -0.465 e. The Morgan fingerprint density at radius 1 is 1.35 bits per heavy atom. The number of nitrogens with one attached hydrogen (secondary N) is 1. The molecule has 0 aromatic heterocycles. The lowest BCUT2D eigenvalue weighted by molar-refractivity contribution is -0.145. The highest BCUT2D eigenvalue weighted by atomic mass is 32.2. The zero-order chi connectivity index (χ0) is 12.9. The standard InChI is InChI=1S/C12H25NO3S/c1-4-13-11(12(14)16-5-2)7-10-17-9-6-8-15-3/h11,13H,4-10H2,1-3H3. The van der Waals surface area contributed by atoms with Crippen molar-refractivity contribution < 1.29 is 14.3 Å². The number of ether oxygens (including phenoxy) is 2. The van der Waals surface area contributed by atoms with Crippen molar-refractivity contribution in [3.8, 4) is 0 Å². The van der Waals surface area contributed by atoms with E-state index in [2.05, 4.69) is 5.32 Å². The van der Waals surface area contributed by atoms with E-state index in [-0.39, 0.29) is 12.0 Å². The molecule has 0 aliphatic carbocycles. The predicted octanol–water partition coefficient (Wildman–Crippen LogP) is 1.69. The number of esters is 1. The van der Waals surface area contributed by atoms with E-state index < -0.39 is 0 Å². The largest absolute Gasteiger partial charge is 0.465 e. The first kappa shape index (κ1) is 16.7. The van der Waals surface area contributed by atoms with Gasteiger partial charge in [-0.2, -0.15) is 11.8 Å². The van der Waals surface area contributed by atoms with Crippen LogP contribution < -0.4 is 5.32 Å². The summed E-state index contributed by atoms with van der Waals surface area (Å²) in [5, 5.41) is 3.16. The van der Waals surface area contributed by atoms with Crippen molar-refractivity contribution >= 4 is 17.7 Å². The Bertz CT molecular complexity index is 191. The van der Waals surface area contributed by atoms with E-state index in [1.165, 1.54) is 0 Å². The topological polar surface area (TPSA) is 47.6 Å². The summed E-state index contributed by atoms with van der Waals surface area (Å²) in [6, 6.07) is -0.158. The van der Waals surface area contributed by atoms with Crippen LogP contribution >= 0.6 is 11.8 Å². The van der Waals surface area contributed by atoms with Crippen LogP contribution in [0.15, 0.2) is 0 Å². The average molecular weight is 263 g/mol. The summed E-state index contributed by atoms with van der Waals surface area (Å²) in [6.07, 6.45) is 1.89. The fraction of sp³-hybridized carbons (Fsp3) is 0.917. The molecule has 4 nitrogen and oxygen atoms in total. The molecule has 5 heteroatoms. The molecule has 0 aliphatic heterocycles. The molecule has 0 saturated carbocycles. The Kier molecular flexibility index (Phi) is 12.0. The van der Waals surface area contributed by atoms with E-state index in [4.69, 9.17) is 9.47 Å². The summed E-state index contributed by atoms with van der Waals surface area (Å²) in [5.41, 5.74) is 0. The van der Waals surface area contributed by atoms with Gasteiger partial charge in [0, 0.05) is 13.7 Å². The van der Waals surface area contributed by atoms with E-state index in [1.807, 2.05) is 25.6 Å². The summed E-state index contributed by atoms with van der Waals surface area (Å²) >= 11 is 1.86. The highest BCUT2D eigenvalue weighted by Gasteiger charge is 2.17. The molecule has 0 saturated heterocycles. The third-order valence-corrected chi connectivity index (χ3v) is 3.31. The molecular formula is C12H25NO3S. The smallest absolute Gasteiger partial charge is 0.323 e. The summed E-state index contributed by atoms with van der Waals surface area (Å²) in [4.78, 5) is 11.6. The summed E-state index contributed by atoms with van der Waals surface area (Å²) in [5.74, 6) is 1.92. The minimum atomic E-state index is -0.158. The highest BCUT2D eigenvalue weighted by Crippen LogP contribution is 2.08. The molecule has 0 aromatic carbocycles. The van der Waals surface area contributed by atoms with Crippen LogP contribution in [-0.4, -0.2) is 50.4 Å². The molecule has 0 heterocycles. The van der Waals surface area contributed by atoms with Gasteiger partial charge in [-0.05, 0) is 37.8 Å². The molecule has 1 unspecified atom stereocenters. The Morgan fingerprint density at radius 3 is 2.71 bits per heavy atom. The van der Waals surface area contributed by atoms with Crippen LogP contribution in [0, 0.1) is 0 Å². The molecular weight excluding hydrogens is 238 g/mol. The molecule has 0 radical (unpaired) electrons. The highest BCUT2D eigenvalue weighted by molar-refractivity contribution is 7.99. The zero-order valence-corrected chi connectivity index (χ0v) is 12.0. The third kappa shape index (κ3) is 9.44. The lowest BCUT2D eigenvalue weighted by Crippen LogP contribution is -2.38. The first-order valence-electron chi connectivity index (χ1n) is 6.22. The van der Waals surface area contributed by atoms with Gasteiger partial charge in [0.25, 0.3) is 0 Å². The fourth-order valence-electron chi connectivity index (χ4n) is 1.40. The number of carbonyl (C=O) groups excluding carboxylic acids is 1. The van der Waals surface area contributed by atoms with Crippen molar-refractivity contribution in [1.29, 1.82) is 0 Å². The lowest BCUT2D eigenvalue weighted by Gasteiger charge is -2.15. The van der Waals surface area contributed by atoms with Crippen LogP contribution in [0.3, 0.4) is 0 Å². The van der Waals surface area contributed by atoms with E-state index in [0.29, 0.717) is 6.61 Å². The number of rotatable bonds is 11. The van der Waals surface area contributed by atoms with Crippen molar-refractivity contribution in [3.05, 3.63) is 0 Å². The normalized spacial score (nSPS) is 12.4. The van der Waals surface area contributed by atoms with Crippen molar-refractivity contribution in [1.82, 2.24) is 5.32 Å². The van der Waals surface area contributed by atoms with E-state index in [9.17, 15) is 4.79 Å². The van der Waals surface area contributed by atoms with Crippen LogP contribution in [-0.2, 0) is 14.3 Å². The maximum atomic E-state index is 11.6. The maximum absolute atomic E-state index is 11.6. The molecule has 0 bridgehead atoms. The summed E-state index contributed by atoms with van der Waals surface area (Å²) < 4.78 is 10.00. The van der Waals surface area contributed by atoms with Gasteiger partial charge in [-0.1, -0.05) is 6.92 Å². The van der Waals surface area contributed by atoms with Gasteiger partial charge >= 0.3 is 5.97 Å². The molecule has 17 heavy (non-hydrogen) atoms. The monoisotopic (exact) mass is 263 g/mol. The van der Waals surface area contributed by atoms with Crippen molar-refractivity contribution in [2.24, 2.45) is 0 Å². The fourth-order valence-corrected chi connectivity index (χ4v) is 2.33. The molecule has 0 aliphatic rings. The molecule has 0 aromatic rings. The van der Waals surface area contributed by atoms with Gasteiger partial charge in [0.1, 0.15) is 6.04 Å². The van der Waals surface area contributed by atoms with Gasteiger partial charge in [-0.15, -0.1) is 0 Å². The van der Waals surface area contributed by atoms with Crippen LogP contribution in [0.25, 0.3) is 0 Å². The number of methoxy groups -OCH3 is 1. The Balaban J connectivity index is 3.65. The predicted molar refractivity (Wildman–Crippen MR) is 72.5 cm³/mol. The number of hydrogen-bond acceptors (Lipinski definition) is 5. The number of likely N-dealkylation sites (N-methyl/N-ethyl adjacent to an activating group) is 1. The molecule has 0 amide bonds. The van der Waals surface area contributed by atoms with Gasteiger partial charge < -0.3 is 14.8 Å². The van der Waals surface area contributed by atoms with E-state index in [1.54, 1.807) is 7.11 Å². The second-order valence-corrected chi connectivity index (χ2v) is 4.83. The molecule has 102 valence electrons. The first-order chi connectivity index (χ1) is 8.26. The van der Waals surface area contributed by atoms with Gasteiger partial charge in [0.2, 0.25) is 0 Å². The molecule has 0 fully saturated rings. The lowest BCUT2D eigenvalue weighted by atomic mass is 10.2. The van der Waals surface area contributed by atoms with Crippen molar-refractivity contribution in [2.45, 2.75) is 32.7 Å². The third-order valence-electron chi connectivity index (χ3n) is 2.21. The van der Waals surface area contributed by atoms with Crippen molar-refractivity contribution in [3.63, 3.8) is 0 Å². The number of hydrogen-bond donors (Lipinski definition) is 1. The zero-order valence-electron chi connectivity index (χ0n) is 11.2. The van der Waals surface area contributed by atoms with Crippen LogP contribution in [0.2, 0.25) is 0 Å². The molecule has 1 N–H and O–H groups in total. The summed E-state index contributed by atoms with van der Waals surface area (Å²) in [7, 11) is 1.71.